The molecule has 7 heteroatoms. The minimum absolute atomic E-state index is 0.0159. The Balaban J connectivity index is 1.85. The third-order valence-electron chi connectivity index (χ3n) is 4.34. The quantitative estimate of drug-likeness (QED) is 0.659. The Bertz CT molecular complexity index is 526. The lowest BCUT2D eigenvalue weighted by atomic mass is 9.75. The molecule has 1 aliphatic carbocycles. The first kappa shape index (κ1) is 13.8. The lowest BCUT2D eigenvalue weighted by Gasteiger charge is -2.45. The van der Waals surface area contributed by atoms with Crippen molar-refractivity contribution in [3.05, 3.63) is 26.9 Å². The third kappa shape index (κ3) is 2.40. The molecule has 2 aliphatic rings. The molecule has 2 heterocycles. The maximum atomic E-state index is 10.7. The summed E-state index contributed by atoms with van der Waals surface area (Å²) in [6, 6.07) is 1.49. The van der Waals surface area contributed by atoms with Gasteiger partial charge in [0.2, 0.25) is 0 Å². The van der Waals surface area contributed by atoms with Gasteiger partial charge in [-0.1, -0.05) is 6.42 Å². The van der Waals surface area contributed by atoms with E-state index >= 15 is 0 Å². The van der Waals surface area contributed by atoms with Crippen molar-refractivity contribution < 1.29 is 10.0 Å². The van der Waals surface area contributed by atoms with Gasteiger partial charge in [-0.05, 0) is 28.8 Å². The Kier molecular flexibility index (Phi) is 3.64. The van der Waals surface area contributed by atoms with Crippen LogP contribution in [0, 0.1) is 22.0 Å². The number of piperidine rings is 1. The molecular weight excluding hydrogens is 326 g/mol. The van der Waals surface area contributed by atoms with Crippen molar-refractivity contribution in [2.24, 2.45) is 11.8 Å². The average Bonchev–Trinajstić information content (AvgIpc) is 2.38. The number of aromatic nitrogens is 1. The van der Waals surface area contributed by atoms with Crippen LogP contribution in [0.1, 0.15) is 19.3 Å². The van der Waals surface area contributed by atoms with E-state index in [-0.39, 0.29) is 23.6 Å². The topological polar surface area (TPSA) is 79.5 Å². The lowest BCUT2D eigenvalue weighted by Crippen LogP contribution is -2.51. The van der Waals surface area contributed by atoms with Crippen LogP contribution in [0.15, 0.2) is 16.7 Å². The van der Waals surface area contributed by atoms with Crippen LogP contribution in [-0.4, -0.2) is 34.2 Å². The number of nitro groups is 1. The van der Waals surface area contributed by atoms with Gasteiger partial charge < -0.3 is 10.0 Å². The Morgan fingerprint density at radius 3 is 2.60 bits per heavy atom. The molecule has 2 unspecified atom stereocenters. The molecule has 0 radical (unpaired) electrons. The number of rotatable bonds is 2. The fourth-order valence-electron chi connectivity index (χ4n) is 3.33. The standard InChI is InChI=1S/C13H16BrN3O3/c14-11-4-10(17(19)20)5-15-13(11)16-6-8-2-1-3-9(7-16)12(8)18/h4-5,8-9,12,18H,1-3,6-7H2. The van der Waals surface area contributed by atoms with E-state index in [2.05, 4.69) is 25.8 Å². The molecule has 2 atom stereocenters. The minimum atomic E-state index is -0.448. The van der Waals surface area contributed by atoms with Gasteiger partial charge in [0.05, 0.1) is 15.5 Å². The van der Waals surface area contributed by atoms with Crippen LogP contribution in [0.4, 0.5) is 11.5 Å². The first-order valence-corrected chi connectivity index (χ1v) is 7.58. The second-order valence-electron chi connectivity index (χ2n) is 5.60. The molecule has 1 aliphatic heterocycles. The molecule has 2 bridgehead atoms. The van der Waals surface area contributed by atoms with E-state index < -0.39 is 4.92 Å². The van der Waals surface area contributed by atoms with E-state index in [0.717, 1.165) is 31.7 Å². The van der Waals surface area contributed by atoms with E-state index in [0.29, 0.717) is 4.47 Å². The van der Waals surface area contributed by atoms with Crippen molar-refractivity contribution in [1.29, 1.82) is 0 Å². The number of halogens is 1. The number of pyridine rings is 1. The van der Waals surface area contributed by atoms with Gasteiger partial charge in [-0.25, -0.2) is 4.98 Å². The summed E-state index contributed by atoms with van der Waals surface area (Å²) >= 11 is 3.37. The summed E-state index contributed by atoms with van der Waals surface area (Å²) in [5.74, 6) is 1.30. The van der Waals surface area contributed by atoms with Crippen molar-refractivity contribution in [3.8, 4) is 0 Å². The number of hydrogen-bond donors (Lipinski definition) is 1. The Morgan fingerprint density at radius 2 is 2.05 bits per heavy atom. The van der Waals surface area contributed by atoms with Crippen LogP contribution in [0.2, 0.25) is 0 Å². The molecule has 20 heavy (non-hydrogen) atoms. The average molecular weight is 342 g/mol. The molecule has 0 spiro atoms. The smallest absolute Gasteiger partial charge is 0.288 e. The summed E-state index contributed by atoms with van der Waals surface area (Å²) in [4.78, 5) is 16.7. The van der Waals surface area contributed by atoms with Gasteiger partial charge in [-0.2, -0.15) is 0 Å². The molecular formula is C13H16BrN3O3. The zero-order chi connectivity index (χ0) is 14.3. The van der Waals surface area contributed by atoms with E-state index in [9.17, 15) is 15.2 Å². The fraction of sp³-hybridized carbons (Fsp3) is 0.615. The number of anilines is 1. The van der Waals surface area contributed by atoms with E-state index in [4.69, 9.17) is 0 Å². The Morgan fingerprint density at radius 1 is 1.40 bits per heavy atom. The first-order chi connectivity index (χ1) is 9.56. The van der Waals surface area contributed by atoms with E-state index in [1.807, 2.05) is 0 Å². The molecule has 1 N–H and O–H groups in total. The van der Waals surface area contributed by atoms with Crippen molar-refractivity contribution in [2.45, 2.75) is 25.4 Å². The first-order valence-electron chi connectivity index (χ1n) is 6.79. The van der Waals surface area contributed by atoms with Crippen LogP contribution >= 0.6 is 15.9 Å². The Hall–Kier alpha value is -1.21. The highest BCUT2D eigenvalue weighted by Gasteiger charge is 2.39. The van der Waals surface area contributed by atoms with Crippen LogP contribution in [0.5, 0.6) is 0 Å². The Labute approximate surface area is 125 Å². The van der Waals surface area contributed by atoms with Crippen LogP contribution < -0.4 is 4.90 Å². The predicted octanol–water partition coefficient (Wildman–Crippen LogP) is 2.35. The zero-order valence-corrected chi connectivity index (χ0v) is 12.5. The monoisotopic (exact) mass is 341 g/mol. The summed E-state index contributed by atoms with van der Waals surface area (Å²) < 4.78 is 0.640. The molecule has 0 amide bonds. The summed E-state index contributed by atoms with van der Waals surface area (Å²) in [5.41, 5.74) is -0.0159. The van der Waals surface area contributed by atoms with Gasteiger partial charge in [0.25, 0.3) is 5.69 Å². The summed E-state index contributed by atoms with van der Waals surface area (Å²) in [6.45, 7) is 1.53. The maximum absolute atomic E-state index is 10.7. The van der Waals surface area contributed by atoms with Gasteiger partial charge in [-0.15, -0.1) is 0 Å². The number of aliphatic hydroxyl groups excluding tert-OH is 1. The lowest BCUT2D eigenvalue weighted by molar-refractivity contribution is -0.385. The largest absolute Gasteiger partial charge is 0.392 e. The molecule has 6 nitrogen and oxygen atoms in total. The molecule has 108 valence electrons. The number of fused-ring (bicyclic) bond motifs is 2. The second-order valence-corrected chi connectivity index (χ2v) is 6.46. The van der Waals surface area contributed by atoms with Crippen LogP contribution in [0.25, 0.3) is 0 Å². The van der Waals surface area contributed by atoms with Gasteiger partial charge >= 0.3 is 0 Å². The second kappa shape index (κ2) is 5.29. The summed E-state index contributed by atoms with van der Waals surface area (Å²) in [6.07, 6.45) is 4.34. The van der Waals surface area contributed by atoms with Crippen molar-refractivity contribution in [2.75, 3.05) is 18.0 Å². The van der Waals surface area contributed by atoms with Gasteiger partial charge in [-0.3, -0.25) is 10.1 Å². The molecule has 1 saturated carbocycles. The van der Waals surface area contributed by atoms with E-state index in [1.54, 1.807) is 0 Å². The highest BCUT2D eigenvalue weighted by Crippen LogP contribution is 2.38. The molecule has 1 saturated heterocycles. The molecule has 1 aromatic heterocycles. The van der Waals surface area contributed by atoms with Crippen molar-refractivity contribution >= 4 is 27.4 Å². The van der Waals surface area contributed by atoms with Crippen molar-refractivity contribution in [1.82, 2.24) is 4.98 Å². The van der Waals surface area contributed by atoms with Crippen molar-refractivity contribution in [3.63, 3.8) is 0 Å². The van der Waals surface area contributed by atoms with Gasteiger partial charge in [0.15, 0.2) is 0 Å². The SMILES string of the molecule is O=[N+]([O-])c1cnc(N2CC3CCCC(C2)C3O)c(Br)c1. The predicted molar refractivity (Wildman–Crippen MR) is 77.6 cm³/mol. The maximum Gasteiger partial charge on any atom is 0.288 e. The molecule has 2 fully saturated rings. The number of nitrogens with zero attached hydrogens (tertiary/aromatic N) is 3. The molecule has 0 aromatic carbocycles. The highest BCUT2D eigenvalue weighted by molar-refractivity contribution is 9.10. The van der Waals surface area contributed by atoms with E-state index in [1.165, 1.54) is 18.7 Å². The highest BCUT2D eigenvalue weighted by atomic mass is 79.9. The molecule has 3 rings (SSSR count). The van der Waals surface area contributed by atoms with Gasteiger partial charge in [0, 0.05) is 31.0 Å². The minimum Gasteiger partial charge on any atom is -0.392 e. The number of hydrogen-bond acceptors (Lipinski definition) is 5. The van der Waals surface area contributed by atoms with Crippen LogP contribution in [0.3, 0.4) is 0 Å². The van der Waals surface area contributed by atoms with Gasteiger partial charge in [0.1, 0.15) is 12.0 Å². The zero-order valence-electron chi connectivity index (χ0n) is 10.9. The fourth-order valence-corrected chi connectivity index (χ4v) is 3.92. The summed E-state index contributed by atoms with van der Waals surface area (Å²) in [7, 11) is 0. The molecule has 1 aromatic rings. The van der Waals surface area contributed by atoms with Crippen LogP contribution in [-0.2, 0) is 0 Å². The normalized spacial score (nSPS) is 29.3. The number of aliphatic hydroxyl groups is 1. The summed E-state index contributed by atoms with van der Waals surface area (Å²) in [5, 5.41) is 20.9. The third-order valence-corrected chi connectivity index (χ3v) is 4.93.